The minimum atomic E-state index is -0.00796. The van der Waals surface area contributed by atoms with E-state index in [2.05, 4.69) is 29.2 Å². The highest BCUT2D eigenvalue weighted by molar-refractivity contribution is 5.78. The van der Waals surface area contributed by atoms with Crippen molar-refractivity contribution in [2.45, 2.75) is 65.5 Å². The number of carbonyl (C=O) groups is 1. The second kappa shape index (κ2) is 9.44. The number of likely N-dealkylation sites (tertiary alicyclic amines) is 1. The Balaban J connectivity index is 1.45. The van der Waals surface area contributed by atoms with E-state index in [4.69, 9.17) is 9.26 Å². The Labute approximate surface area is 173 Å². The van der Waals surface area contributed by atoms with Crippen molar-refractivity contribution in [2.75, 3.05) is 19.6 Å². The van der Waals surface area contributed by atoms with Crippen molar-refractivity contribution in [3.05, 3.63) is 46.8 Å². The maximum absolute atomic E-state index is 12.4. The Morgan fingerprint density at radius 1 is 1.17 bits per heavy atom. The van der Waals surface area contributed by atoms with Gasteiger partial charge >= 0.3 is 0 Å². The number of nitrogens with one attached hydrogen (secondary N) is 1. The summed E-state index contributed by atoms with van der Waals surface area (Å²) < 4.78 is 11.0. The van der Waals surface area contributed by atoms with Crippen LogP contribution >= 0.6 is 0 Å². The minimum Gasteiger partial charge on any atom is -0.489 e. The third kappa shape index (κ3) is 5.82. The monoisotopic (exact) mass is 399 g/mol. The number of amides is 1. The van der Waals surface area contributed by atoms with E-state index < -0.39 is 0 Å². The fourth-order valence-electron chi connectivity index (χ4n) is 3.74. The van der Waals surface area contributed by atoms with Crippen LogP contribution in [0.15, 0.2) is 28.8 Å². The van der Waals surface area contributed by atoms with Crippen molar-refractivity contribution < 1.29 is 14.1 Å². The van der Waals surface area contributed by atoms with Crippen LogP contribution in [0.3, 0.4) is 0 Å². The second-order valence-corrected chi connectivity index (χ2v) is 8.55. The van der Waals surface area contributed by atoms with Gasteiger partial charge in [-0.2, -0.15) is 0 Å². The van der Waals surface area contributed by atoms with Gasteiger partial charge in [-0.1, -0.05) is 23.7 Å². The van der Waals surface area contributed by atoms with Crippen molar-refractivity contribution >= 4 is 5.91 Å². The van der Waals surface area contributed by atoms with Gasteiger partial charge < -0.3 is 14.6 Å². The van der Waals surface area contributed by atoms with Gasteiger partial charge in [0.15, 0.2) is 0 Å². The minimum absolute atomic E-state index is 0.00796. The molecule has 1 aromatic heterocycles. The third-order valence-electron chi connectivity index (χ3n) is 5.78. The van der Waals surface area contributed by atoms with Crippen LogP contribution in [0, 0.1) is 13.8 Å². The lowest BCUT2D eigenvalue weighted by Gasteiger charge is -2.41. The topological polar surface area (TPSA) is 67.6 Å². The van der Waals surface area contributed by atoms with Crippen LogP contribution in [0.5, 0.6) is 5.75 Å². The molecule has 1 aromatic carbocycles. The highest BCUT2D eigenvalue weighted by Gasteiger charge is 2.28. The van der Waals surface area contributed by atoms with Crippen LogP contribution in [0.1, 0.15) is 55.7 Å². The predicted octanol–water partition coefficient (Wildman–Crippen LogP) is 3.79. The molecule has 3 rings (SSSR count). The number of benzene rings is 1. The molecular formula is C23H33N3O3. The first-order valence-corrected chi connectivity index (χ1v) is 10.5. The molecule has 1 aliphatic rings. The zero-order chi connectivity index (χ0) is 20.9. The summed E-state index contributed by atoms with van der Waals surface area (Å²) in [6.45, 7) is 11.6. The van der Waals surface area contributed by atoms with Gasteiger partial charge in [0.2, 0.25) is 5.91 Å². The van der Waals surface area contributed by atoms with E-state index in [1.54, 1.807) is 0 Å². The fourth-order valence-corrected chi connectivity index (χ4v) is 3.74. The van der Waals surface area contributed by atoms with Crippen LogP contribution < -0.4 is 10.1 Å². The van der Waals surface area contributed by atoms with Crippen LogP contribution in [-0.2, 0) is 17.8 Å². The van der Waals surface area contributed by atoms with Gasteiger partial charge in [0.1, 0.15) is 18.1 Å². The molecule has 158 valence electrons. The fraction of sp³-hybridized carbons (Fsp3) is 0.565. The van der Waals surface area contributed by atoms with E-state index in [0.717, 1.165) is 41.4 Å². The number of nitrogens with zero attached hydrogens (tertiary/aromatic N) is 2. The lowest BCUT2D eigenvalue weighted by Crippen LogP contribution is -2.53. The summed E-state index contributed by atoms with van der Waals surface area (Å²) in [6.07, 6.45) is 4.20. The Morgan fingerprint density at radius 3 is 2.48 bits per heavy atom. The molecule has 0 spiro atoms. The van der Waals surface area contributed by atoms with Crippen molar-refractivity contribution in [2.24, 2.45) is 0 Å². The van der Waals surface area contributed by atoms with E-state index >= 15 is 0 Å². The lowest BCUT2D eigenvalue weighted by molar-refractivity contribution is -0.121. The molecular weight excluding hydrogens is 366 g/mol. The van der Waals surface area contributed by atoms with Crippen molar-refractivity contribution in [1.82, 2.24) is 15.4 Å². The maximum Gasteiger partial charge on any atom is 0.224 e. The normalized spacial score (nSPS) is 15.3. The third-order valence-corrected chi connectivity index (χ3v) is 5.78. The van der Waals surface area contributed by atoms with Crippen molar-refractivity contribution in [3.8, 4) is 5.75 Å². The zero-order valence-electron chi connectivity index (χ0n) is 18.1. The molecule has 0 saturated carbocycles. The molecule has 0 bridgehead atoms. The van der Waals surface area contributed by atoms with Crippen LogP contribution in [0.4, 0.5) is 0 Å². The first-order chi connectivity index (χ1) is 13.8. The second-order valence-electron chi connectivity index (χ2n) is 8.55. The maximum atomic E-state index is 12.4. The number of ether oxygens (including phenoxy) is 1. The Bertz CT molecular complexity index is 786. The summed E-state index contributed by atoms with van der Waals surface area (Å²) in [6, 6.07) is 7.69. The summed E-state index contributed by atoms with van der Waals surface area (Å²) >= 11 is 0. The zero-order valence-corrected chi connectivity index (χ0v) is 18.1. The number of hydrogen-bond acceptors (Lipinski definition) is 5. The number of hydrogen-bond donors (Lipinski definition) is 1. The lowest BCUT2D eigenvalue weighted by atomic mass is 9.98. The van der Waals surface area contributed by atoms with Gasteiger partial charge in [0.25, 0.3) is 0 Å². The van der Waals surface area contributed by atoms with Gasteiger partial charge in [-0.3, -0.25) is 9.69 Å². The SMILES string of the molecule is Cc1noc(C)c1COc1ccc(CC(=O)NCC(C)(C)N2CCCCC2)cc1. The highest BCUT2D eigenvalue weighted by Crippen LogP contribution is 2.20. The summed E-state index contributed by atoms with van der Waals surface area (Å²) in [5, 5.41) is 7.05. The number of aryl methyl sites for hydroxylation is 2. The van der Waals surface area contributed by atoms with E-state index in [0.29, 0.717) is 19.6 Å². The largest absolute Gasteiger partial charge is 0.489 e. The molecule has 1 amide bonds. The van der Waals surface area contributed by atoms with E-state index in [1.165, 1.54) is 19.3 Å². The van der Waals surface area contributed by atoms with Gasteiger partial charge in [-0.15, -0.1) is 0 Å². The van der Waals surface area contributed by atoms with Crippen LogP contribution in [0.2, 0.25) is 0 Å². The summed E-state index contributed by atoms with van der Waals surface area (Å²) in [7, 11) is 0. The molecule has 2 aromatic rings. The highest BCUT2D eigenvalue weighted by atomic mass is 16.5. The van der Waals surface area contributed by atoms with Crippen LogP contribution in [-0.4, -0.2) is 41.1 Å². The molecule has 1 N–H and O–H groups in total. The predicted molar refractivity (Wildman–Crippen MR) is 113 cm³/mol. The number of carbonyl (C=O) groups excluding carboxylic acids is 1. The van der Waals surface area contributed by atoms with Gasteiger partial charge in [0.05, 0.1) is 17.7 Å². The molecule has 1 saturated heterocycles. The summed E-state index contributed by atoms with van der Waals surface area (Å²) in [5.74, 6) is 1.60. The van der Waals surface area contributed by atoms with E-state index in [1.807, 2.05) is 38.1 Å². The Kier molecular flexibility index (Phi) is 6.96. The van der Waals surface area contributed by atoms with Crippen molar-refractivity contribution in [1.29, 1.82) is 0 Å². The van der Waals surface area contributed by atoms with Gasteiger partial charge in [-0.25, -0.2) is 0 Å². The first kappa shape index (κ1) is 21.4. The smallest absolute Gasteiger partial charge is 0.224 e. The van der Waals surface area contributed by atoms with Crippen molar-refractivity contribution in [3.63, 3.8) is 0 Å². The van der Waals surface area contributed by atoms with Gasteiger partial charge in [-0.05, 0) is 71.3 Å². The average molecular weight is 400 g/mol. The molecule has 29 heavy (non-hydrogen) atoms. The molecule has 6 nitrogen and oxygen atoms in total. The van der Waals surface area contributed by atoms with Crippen LogP contribution in [0.25, 0.3) is 0 Å². The first-order valence-electron chi connectivity index (χ1n) is 10.5. The molecule has 0 radical (unpaired) electrons. The quantitative estimate of drug-likeness (QED) is 0.731. The number of aromatic nitrogens is 1. The molecule has 6 heteroatoms. The molecule has 0 unspecified atom stereocenters. The molecule has 0 aliphatic carbocycles. The van der Waals surface area contributed by atoms with E-state index in [-0.39, 0.29) is 11.4 Å². The number of piperidine rings is 1. The Morgan fingerprint density at radius 2 is 1.86 bits per heavy atom. The summed E-state index contributed by atoms with van der Waals surface area (Å²) in [4.78, 5) is 14.9. The number of rotatable bonds is 8. The average Bonchev–Trinajstić information content (AvgIpc) is 3.04. The molecule has 1 fully saturated rings. The molecule has 2 heterocycles. The molecule has 1 aliphatic heterocycles. The Hall–Kier alpha value is -2.34. The van der Waals surface area contributed by atoms with E-state index in [9.17, 15) is 4.79 Å². The molecule has 0 atom stereocenters. The standard InChI is InChI=1S/C23H33N3O3/c1-17-21(18(2)29-25-17)15-28-20-10-8-19(9-11-20)14-22(27)24-16-23(3,4)26-12-6-5-7-13-26/h8-11H,5-7,12-16H2,1-4H3,(H,24,27). The van der Waals surface area contributed by atoms with Gasteiger partial charge in [0, 0.05) is 12.1 Å². The summed E-state index contributed by atoms with van der Waals surface area (Å²) in [5.41, 5.74) is 2.79.